The Morgan fingerprint density at radius 3 is 2.42 bits per heavy atom. The van der Waals surface area contributed by atoms with Crippen molar-refractivity contribution in [2.75, 3.05) is 13.1 Å². The molecule has 2 aromatic rings. The monoisotopic (exact) mass is 383 g/mol. The summed E-state index contributed by atoms with van der Waals surface area (Å²) >= 11 is 0. The number of alkyl halides is 3. The molecule has 2 heterocycles. The lowest BCUT2D eigenvalue weighted by Crippen LogP contribution is -2.56. The highest BCUT2D eigenvalue weighted by atomic mass is 32.2. The average molecular weight is 383 g/mol. The Bertz CT molecular complexity index is 947. The van der Waals surface area contributed by atoms with Crippen LogP contribution in [0, 0.1) is 11.3 Å². The molecule has 1 aromatic heterocycles. The van der Waals surface area contributed by atoms with E-state index in [-0.39, 0.29) is 18.0 Å². The highest BCUT2D eigenvalue weighted by molar-refractivity contribution is 7.89. The lowest BCUT2D eigenvalue weighted by atomic mass is 10.2. The summed E-state index contributed by atoms with van der Waals surface area (Å²) in [5, 5.41) is 8.74. The molecule has 0 radical (unpaired) electrons. The van der Waals surface area contributed by atoms with Gasteiger partial charge in [0.15, 0.2) is 0 Å². The first kappa shape index (κ1) is 18.2. The average Bonchev–Trinajstić information content (AvgIpc) is 2.57. The van der Waals surface area contributed by atoms with E-state index < -0.39 is 33.7 Å². The molecule has 0 atom stereocenters. The number of ether oxygens (including phenoxy) is 1. The predicted molar refractivity (Wildman–Crippen MR) is 83.6 cm³/mol. The molecule has 0 saturated carbocycles. The van der Waals surface area contributed by atoms with Crippen LogP contribution in [-0.2, 0) is 16.2 Å². The summed E-state index contributed by atoms with van der Waals surface area (Å²) in [5.74, 6) is -0.569. The number of pyridine rings is 1. The summed E-state index contributed by atoms with van der Waals surface area (Å²) in [6.07, 6.45) is -4.16. The fraction of sp³-hybridized carbons (Fsp3) is 0.250. The zero-order valence-corrected chi connectivity index (χ0v) is 14.0. The van der Waals surface area contributed by atoms with Crippen molar-refractivity contribution in [3.05, 3.63) is 53.7 Å². The van der Waals surface area contributed by atoms with Crippen LogP contribution in [0.1, 0.15) is 11.1 Å². The SMILES string of the molecule is N#Cc1ccc(S(=O)(=O)N2CC(Oc3ncccc3C(F)(F)F)C2)cc1. The third-order valence-electron chi connectivity index (χ3n) is 3.79. The summed E-state index contributed by atoms with van der Waals surface area (Å²) in [7, 11) is -3.79. The van der Waals surface area contributed by atoms with Gasteiger partial charge in [0.1, 0.15) is 11.7 Å². The Hall–Kier alpha value is -2.64. The van der Waals surface area contributed by atoms with E-state index in [0.29, 0.717) is 5.56 Å². The van der Waals surface area contributed by atoms with E-state index in [4.69, 9.17) is 10.00 Å². The summed E-state index contributed by atoms with van der Waals surface area (Å²) in [5.41, 5.74) is -0.683. The Labute approximate surface area is 147 Å². The van der Waals surface area contributed by atoms with Gasteiger partial charge in [0.05, 0.1) is 29.6 Å². The quantitative estimate of drug-likeness (QED) is 0.810. The molecule has 1 aromatic carbocycles. The highest BCUT2D eigenvalue weighted by Gasteiger charge is 2.41. The normalized spacial score (nSPS) is 15.9. The molecular formula is C16H12F3N3O3S. The molecule has 136 valence electrons. The van der Waals surface area contributed by atoms with Crippen molar-refractivity contribution >= 4 is 10.0 Å². The molecule has 10 heteroatoms. The summed E-state index contributed by atoms with van der Waals surface area (Å²) in [4.78, 5) is 3.59. The minimum atomic E-state index is -4.61. The second-order valence-corrected chi connectivity index (χ2v) is 7.49. The molecule has 0 N–H and O–H groups in total. The summed E-state index contributed by atoms with van der Waals surface area (Å²) in [6, 6.07) is 9.27. The number of rotatable bonds is 4. The van der Waals surface area contributed by atoms with Crippen LogP contribution in [0.4, 0.5) is 13.2 Å². The minimum absolute atomic E-state index is 0.00349. The van der Waals surface area contributed by atoms with Crippen LogP contribution < -0.4 is 4.74 Å². The first-order chi connectivity index (χ1) is 12.2. The van der Waals surface area contributed by atoms with Crippen molar-refractivity contribution in [3.8, 4) is 11.9 Å². The van der Waals surface area contributed by atoms with E-state index >= 15 is 0 Å². The number of nitrogens with zero attached hydrogens (tertiary/aromatic N) is 3. The van der Waals surface area contributed by atoms with Crippen molar-refractivity contribution in [1.82, 2.24) is 9.29 Å². The van der Waals surface area contributed by atoms with Crippen molar-refractivity contribution in [2.24, 2.45) is 0 Å². The second kappa shape index (κ2) is 6.59. The molecule has 0 amide bonds. The standard InChI is InChI=1S/C16H12F3N3O3S/c17-16(18,19)14-2-1-7-21-15(14)25-12-9-22(10-12)26(23,24)13-5-3-11(8-20)4-6-13/h1-7,12H,9-10H2. The maximum Gasteiger partial charge on any atom is 0.421 e. The predicted octanol–water partition coefficient (Wildman–Crippen LogP) is 2.42. The van der Waals surface area contributed by atoms with Crippen LogP contribution in [0.5, 0.6) is 5.88 Å². The Kier molecular flexibility index (Phi) is 4.60. The van der Waals surface area contributed by atoms with Crippen molar-refractivity contribution < 1.29 is 26.3 Å². The third-order valence-corrected chi connectivity index (χ3v) is 5.64. The third kappa shape index (κ3) is 3.49. The lowest BCUT2D eigenvalue weighted by Gasteiger charge is -2.37. The van der Waals surface area contributed by atoms with Gasteiger partial charge in [-0.3, -0.25) is 0 Å². The number of hydrogen-bond acceptors (Lipinski definition) is 5. The zero-order valence-electron chi connectivity index (χ0n) is 13.1. The number of hydrogen-bond donors (Lipinski definition) is 0. The first-order valence-corrected chi connectivity index (χ1v) is 8.85. The van der Waals surface area contributed by atoms with E-state index in [1.54, 1.807) is 0 Å². The Morgan fingerprint density at radius 1 is 1.19 bits per heavy atom. The van der Waals surface area contributed by atoms with Gasteiger partial charge in [-0.25, -0.2) is 13.4 Å². The molecule has 0 unspecified atom stereocenters. The van der Waals surface area contributed by atoms with Crippen LogP contribution in [0.25, 0.3) is 0 Å². The van der Waals surface area contributed by atoms with Crippen molar-refractivity contribution in [2.45, 2.75) is 17.2 Å². The second-order valence-electron chi connectivity index (χ2n) is 5.55. The van der Waals surface area contributed by atoms with Gasteiger partial charge >= 0.3 is 6.18 Å². The van der Waals surface area contributed by atoms with E-state index in [2.05, 4.69) is 4.98 Å². The van der Waals surface area contributed by atoms with Gasteiger partial charge in [-0.15, -0.1) is 0 Å². The summed E-state index contributed by atoms with van der Waals surface area (Å²) < 4.78 is 69.9. The molecule has 0 bridgehead atoms. The molecular weight excluding hydrogens is 371 g/mol. The van der Waals surface area contributed by atoms with Gasteiger partial charge in [0.25, 0.3) is 0 Å². The maximum atomic E-state index is 12.9. The maximum absolute atomic E-state index is 12.9. The van der Waals surface area contributed by atoms with Gasteiger partial charge in [-0.05, 0) is 36.4 Å². The van der Waals surface area contributed by atoms with Gasteiger partial charge in [0, 0.05) is 6.20 Å². The van der Waals surface area contributed by atoms with Crippen molar-refractivity contribution in [1.29, 1.82) is 5.26 Å². The number of benzene rings is 1. The molecule has 1 fully saturated rings. The van der Waals surface area contributed by atoms with Gasteiger partial charge in [-0.1, -0.05) is 0 Å². The van der Waals surface area contributed by atoms with Crippen LogP contribution in [0.3, 0.4) is 0 Å². The number of nitriles is 1. The molecule has 6 nitrogen and oxygen atoms in total. The van der Waals surface area contributed by atoms with Gasteiger partial charge in [-0.2, -0.15) is 22.7 Å². The van der Waals surface area contributed by atoms with E-state index in [9.17, 15) is 21.6 Å². The number of aromatic nitrogens is 1. The number of halogens is 3. The molecule has 0 spiro atoms. The smallest absolute Gasteiger partial charge is 0.421 e. The Balaban J connectivity index is 1.69. The van der Waals surface area contributed by atoms with Gasteiger partial charge in [0.2, 0.25) is 15.9 Å². The Morgan fingerprint density at radius 2 is 1.85 bits per heavy atom. The molecule has 1 saturated heterocycles. The van der Waals surface area contributed by atoms with Crippen LogP contribution in [0.15, 0.2) is 47.5 Å². The molecule has 1 aliphatic heterocycles. The fourth-order valence-corrected chi connectivity index (χ4v) is 3.88. The van der Waals surface area contributed by atoms with Crippen LogP contribution in [-0.4, -0.2) is 36.9 Å². The largest absolute Gasteiger partial charge is 0.471 e. The lowest BCUT2D eigenvalue weighted by molar-refractivity contribution is -0.140. The molecule has 0 aliphatic carbocycles. The first-order valence-electron chi connectivity index (χ1n) is 7.41. The zero-order chi connectivity index (χ0) is 18.9. The van der Waals surface area contributed by atoms with Crippen LogP contribution in [0.2, 0.25) is 0 Å². The topological polar surface area (TPSA) is 83.3 Å². The number of sulfonamides is 1. The molecule has 3 rings (SSSR count). The van der Waals surface area contributed by atoms with E-state index in [1.807, 2.05) is 6.07 Å². The summed E-state index contributed by atoms with van der Waals surface area (Å²) in [6.45, 7) is -0.174. The minimum Gasteiger partial charge on any atom is -0.471 e. The van der Waals surface area contributed by atoms with E-state index in [1.165, 1.54) is 30.5 Å². The molecule has 1 aliphatic rings. The highest BCUT2D eigenvalue weighted by Crippen LogP contribution is 2.36. The molecule has 26 heavy (non-hydrogen) atoms. The van der Waals surface area contributed by atoms with Crippen molar-refractivity contribution in [3.63, 3.8) is 0 Å². The van der Waals surface area contributed by atoms with Gasteiger partial charge < -0.3 is 4.74 Å². The van der Waals surface area contributed by atoms with E-state index in [0.717, 1.165) is 16.4 Å². The van der Waals surface area contributed by atoms with Crippen LogP contribution >= 0.6 is 0 Å². The fourth-order valence-electron chi connectivity index (χ4n) is 2.38.